The third-order valence-electron chi connectivity index (χ3n) is 3.37. The fraction of sp³-hybridized carbons (Fsp3) is 0.692. The van der Waals surface area contributed by atoms with Gasteiger partial charge in [-0.05, 0) is 17.5 Å². The molecule has 6 heteroatoms. The molecule has 2 atom stereocenters. The van der Waals surface area contributed by atoms with Crippen molar-refractivity contribution in [3.05, 3.63) is 11.8 Å². The highest BCUT2D eigenvalue weighted by molar-refractivity contribution is 5.91. The number of aromatic nitrogens is 1. The summed E-state index contributed by atoms with van der Waals surface area (Å²) >= 11 is 0. The molecule has 1 N–H and O–H groups in total. The van der Waals surface area contributed by atoms with Crippen LogP contribution >= 0.6 is 0 Å². The van der Waals surface area contributed by atoms with Crippen LogP contribution in [0.15, 0.2) is 10.6 Å². The van der Waals surface area contributed by atoms with Gasteiger partial charge in [-0.25, -0.2) is 0 Å². The predicted octanol–water partition coefficient (Wildman–Crippen LogP) is 1.47. The number of amides is 1. The smallest absolute Gasteiger partial charge is 0.290 e. The van der Waals surface area contributed by atoms with Crippen molar-refractivity contribution in [3.8, 4) is 5.88 Å². The van der Waals surface area contributed by atoms with E-state index in [0.29, 0.717) is 24.3 Å². The lowest BCUT2D eigenvalue weighted by atomic mass is 9.93. The number of nitrogens with zero attached hydrogens (tertiary/aromatic N) is 1. The lowest BCUT2D eigenvalue weighted by Gasteiger charge is -2.21. The first-order valence-electron chi connectivity index (χ1n) is 6.52. The van der Waals surface area contributed by atoms with E-state index in [1.54, 1.807) is 0 Å². The van der Waals surface area contributed by atoms with Crippen LogP contribution in [0.1, 0.15) is 30.8 Å². The molecule has 1 aromatic heterocycles. The van der Waals surface area contributed by atoms with E-state index < -0.39 is 0 Å². The summed E-state index contributed by atoms with van der Waals surface area (Å²) in [5.41, 5.74) is 0. The lowest BCUT2D eigenvalue weighted by molar-refractivity contribution is 0.0531. The average Bonchev–Trinajstić information content (AvgIpc) is 3.04. The number of carbonyl (C=O) groups excluding carboxylic acids is 1. The first kappa shape index (κ1) is 13.9. The molecule has 1 aromatic rings. The summed E-state index contributed by atoms with van der Waals surface area (Å²) in [6.07, 6.45) is 1.19. The van der Waals surface area contributed by atoms with Crippen LogP contribution in [0.4, 0.5) is 0 Å². The largest absolute Gasteiger partial charge is 0.479 e. The number of nitrogens with one attached hydrogen (secondary N) is 1. The van der Waals surface area contributed by atoms with E-state index in [2.05, 4.69) is 24.3 Å². The van der Waals surface area contributed by atoms with Gasteiger partial charge in [0.15, 0.2) is 0 Å². The summed E-state index contributed by atoms with van der Waals surface area (Å²) in [7, 11) is 1.47. The van der Waals surface area contributed by atoms with Crippen LogP contribution in [0.2, 0.25) is 0 Å². The minimum atomic E-state index is -0.273. The monoisotopic (exact) mass is 268 g/mol. The quantitative estimate of drug-likeness (QED) is 0.875. The SMILES string of the molecule is COc1cc(C(=O)NC[C@H]2CCO[C@H]2C(C)C)on1. The molecule has 2 heterocycles. The number of hydrogen-bond acceptors (Lipinski definition) is 5. The minimum Gasteiger partial charge on any atom is -0.479 e. The average molecular weight is 268 g/mol. The van der Waals surface area contributed by atoms with Gasteiger partial charge in [-0.2, -0.15) is 0 Å². The third kappa shape index (κ3) is 3.26. The second kappa shape index (κ2) is 6.06. The molecule has 0 aliphatic carbocycles. The lowest BCUT2D eigenvalue weighted by Crippen LogP contribution is -2.34. The van der Waals surface area contributed by atoms with E-state index in [0.717, 1.165) is 13.0 Å². The van der Waals surface area contributed by atoms with Crippen molar-refractivity contribution in [3.63, 3.8) is 0 Å². The molecule has 1 amide bonds. The van der Waals surface area contributed by atoms with Crippen molar-refractivity contribution in [1.29, 1.82) is 0 Å². The normalized spacial score (nSPS) is 22.7. The van der Waals surface area contributed by atoms with Crippen molar-refractivity contribution in [1.82, 2.24) is 10.5 Å². The van der Waals surface area contributed by atoms with Crippen molar-refractivity contribution in [2.24, 2.45) is 11.8 Å². The maximum absolute atomic E-state index is 11.9. The molecule has 2 rings (SSSR count). The maximum atomic E-state index is 11.9. The highest BCUT2D eigenvalue weighted by Crippen LogP contribution is 2.26. The Bertz CT molecular complexity index is 430. The standard InChI is InChI=1S/C13H20N2O4/c1-8(2)12-9(4-5-18-12)7-14-13(16)10-6-11(17-3)15-19-10/h6,8-9,12H,4-5,7H2,1-3H3,(H,14,16)/t9-,12+/m1/s1. The molecule has 106 valence electrons. The molecule has 0 radical (unpaired) electrons. The van der Waals surface area contributed by atoms with Gasteiger partial charge in [0, 0.05) is 19.1 Å². The van der Waals surface area contributed by atoms with Gasteiger partial charge in [-0.1, -0.05) is 13.8 Å². The molecule has 0 spiro atoms. The summed E-state index contributed by atoms with van der Waals surface area (Å²) in [6.45, 7) is 5.61. The fourth-order valence-electron chi connectivity index (χ4n) is 2.38. The maximum Gasteiger partial charge on any atom is 0.290 e. The van der Waals surface area contributed by atoms with E-state index in [-0.39, 0.29) is 17.8 Å². The van der Waals surface area contributed by atoms with Crippen LogP contribution in [0.5, 0.6) is 5.88 Å². The van der Waals surface area contributed by atoms with E-state index in [1.807, 2.05) is 0 Å². The summed E-state index contributed by atoms with van der Waals surface area (Å²) in [5, 5.41) is 6.45. The van der Waals surface area contributed by atoms with Gasteiger partial charge in [0.05, 0.1) is 19.3 Å². The number of methoxy groups -OCH3 is 1. The molecule has 1 aliphatic heterocycles. The molecule has 0 saturated carbocycles. The minimum absolute atomic E-state index is 0.164. The molecule has 6 nitrogen and oxygen atoms in total. The molecule has 0 aromatic carbocycles. The van der Waals surface area contributed by atoms with Gasteiger partial charge < -0.3 is 19.3 Å². The fourth-order valence-corrected chi connectivity index (χ4v) is 2.38. The van der Waals surface area contributed by atoms with Gasteiger partial charge in [-0.15, -0.1) is 0 Å². The Morgan fingerprint density at radius 1 is 1.63 bits per heavy atom. The Kier molecular flexibility index (Phi) is 4.42. The van der Waals surface area contributed by atoms with Crippen molar-refractivity contribution < 1.29 is 18.8 Å². The summed E-state index contributed by atoms with van der Waals surface area (Å²) in [5.74, 6) is 1.00. The Hall–Kier alpha value is -1.56. The second-order valence-corrected chi connectivity index (χ2v) is 5.07. The van der Waals surface area contributed by atoms with Crippen LogP contribution in [-0.2, 0) is 4.74 Å². The third-order valence-corrected chi connectivity index (χ3v) is 3.37. The number of carbonyl (C=O) groups is 1. The number of rotatable bonds is 5. The topological polar surface area (TPSA) is 73.6 Å². The second-order valence-electron chi connectivity index (χ2n) is 5.07. The zero-order chi connectivity index (χ0) is 13.8. The van der Waals surface area contributed by atoms with Gasteiger partial charge in [0.25, 0.3) is 11.8 Å². The van der Waals surface area contributed by atoms with Crippen molar-refractivity contribution in [2.75, 3.05) is 20.3 Å². The number of ether oxygens (including phenoxy) is 2. The molecule has 1 fully saturated rings. The molecular formula is C13H20N2O4. The Labute approximate surface area is 112 Å². The van der Waals surface area contributed by atoms with Gasteiger partial charge >= 0.3 is 0 Å². The van der Waals surface area contributed by atoms with Crippen molar-refractivity contribution in [2.45, 2.75) is 26.4 Å². The van der Waals surface area contributed by atoms with Crippen LogP contribution < -0.4 is 10.1 Å². The highest BCUT2D eigenvalue weighted by Gasteiger charge is 2.31. The highest BCUT2D eigenvalue weighted by atomic mass is 16.5. The first-order valence-corrected chi connectivity index (χ1v) is 6.52. The van der Waals surface area contributed by atoms with Gasteiger partial charge in [0.1, 0.15) is 0 Å². The Morgan fingerprint density at radius 3 is 3.05 bits per heavy atom. The van der Waals surface area contributed by atoms with Crippen LogP contribution in [0.3, 0.4) is 0 Å². The van der Waals surface area contributed by atoms with Crippen molar-refractivity contribution >= 4 is 5.91 Å². The van der Waals surface area contributed by atoms with Crippen LogP contribution in [0.25, 0.3) is 0 Å². The number of hydrogen-bond donors (Lipinski definition) is 1. The van der Waals surface area contributed by atoms with E-state index in [9.17, 15) is 4.79 Å². The summed E-state index contributed by atoms with van der Waals surface area (Å²) < 4.78 is 15.4. The molecule has 1 aliphatic rings. The Balaban J connectivity index is 1.86. The van der Waals surface area contributed by atoms with Crippen LogP contribution in [-0.4, -0.2) is 37.4 Å². The van der Waals surface area contributed by atoms with Crippen LogP contribution in [0, 0.1) is 11.8 Å². The van der Waals surface area contributed by atoms with Gasteiger partial charge in [-0.3, -0.25) is 4.79 Å². The summed E-state index contributed by atoms with van der Waals surface area (Å²) in [4.78, 5) is 11.9. The Morgan fingerprint density at radius 2 is 2.42 bits per heavy atom. The molecule has 0 bridgehead atoms. The summed E-state index contributed by atoms with van der Waals surface area (Å²) in [6, 6.07) is 1.47. The van der Waals surface area contributed by atoms with Gasteiger partial charge in [0.2, 0.25) is 5.76 Å². The predicted molar refractivity (Wildman–Crippen MR) is 68.1 cm³/mol. The zero-order valence-corrected chi connectivity index (χ0v) is 11.5. The molecule has 0 unspecified atom stereocenters. The zero-order valence-electron chi connectivity index (χ0n) is 11.5. The van der Waals surface area contributed by atoms with E-state index >= 15 is 0 Å². The van der Waals surface area contributed by atoms with E-state index in [1.165, 1.54) is 13.2 Å². The van der Waals surface area contributed by atoms with E-state index in [4.69, 9.17) is 14.0 Å². The molecular weight excluding hydrogens is 248 g/mol. The molecule has 19 heavy (non-hydrogen) atoms. The first-order chi connectivity index (χ1) is 9.11. The molecule has 1 saturated heterocycles.